The second-order valence-electron chi connectivity index (χ2n) is 5.59. The number of nitrogens with one attached hydrogen (secondary N) is 1. The smallest absolute Gasteiger partial charge is 0.224 e. The highest BCUT2D eigenvalue weighted by atomic mass is 35.5. The number of hydrogen-bond acceptors (Lipinski definition) is 4. The highest BCUT2D eigenvalue weighted by molar-refractivity contribution is 6.30. The molecule has 7 heteroatoms. The molecule has 0 aliphatic rings. The van der Waals surface area contributed by atoms with Crippen LogP contribution >= 0.6 is 11.6 Å². The summed E-state index contributed by atoms with van der Waals surface area (Å²) in [6.45, 7) is 1.84. The van der Waals surface area contributed by atoms with Crippen molar-refractivity contribution in [2.75, 3.05) is 5.32 Å². The molecule has 0 atom stereocenters. The molecule has 0 radical (unpaired) electrons. The molecule has 2 aromatic heterocycles. The Labute approximate surface area is 150 Å². The van der Waals surface area contributed by atoms with Crippen molar-refractivity contribution in [3.63, 3.8) is 0 Å². The fourth-order valence-electron chi connectivity index (χ4n) is 2.48. The molecule has 0 aliphatic carbocycles. The number of pyridine rings is 1. The van der Waals surface area contributed by atoms with Crippen LogP contribution in [0.2, 0.25) is 5.02 Å². The normalized spacial score (nSPS) is 10.6. The molecular formula is C18H18ClN5O. The van der Waals surface area contributed by atoms with Gasteiger partial charge in [-0.15, -0.1) is 5.10 Å². The average Bonchev–Trinajstić information content (AvgIpc) is 2.96. The summed E-state index contributed by atoms with van der Waals surface area (Å²) in [5.74, 6) is 2.15. The monoisotopic (exact) mass is 355 g/mol. The topological polar surface area (TPSA) is 72.7 Å². The predicted molar refractivity (Wildman–Crippen MR) is 96.9 cm³/mol. The number of nitrogens with zero attached hydrogens (tertiary/aromatic N) is 4. The number of rotatable bonds is 6. The van der Waals surface area contributed by atoms with Gasteiger partial charge in [-0.3, -0.25) is 4.79 Å². The highest BCUT2D eigenvalue weighted by Gasteiger charge is 2.11. The molecule has 0 fully saturated rings. The second kappa shape index (κ2) is 7.90. The van der Waals surface area contributed by atoms with Crippen LogP contribution in [0.5, 0.6) is 0 Å². The van der Waals surface area contributed by atoms with E-state index in [1.54, 1.807) is 29.1 Å². The van der Waals surface area contributed by atoms with E-state index in [0.717, 1.165) is 11.6 Å². The Morgan fingerprint density at radius 2 is 2.12 bits per heavy atom. The number of benzene rings is 1. The number of aryl methyl sites for hydroxylation is 2. The van der Waals surface area contributed by atoms with E-state index in [9.17, 15) is 4.79 Å². The van der Waals surface area contributed by atoms with Crippen molar-refractivity contribution in [3.8, 4) is 5.82 Å². The molecule has 0 aliphatic heterocycles. The summed E-state index contributed by atoms with van der Waals surface area (Å²) in [5, 5.41) is 7.82. The van der Waals surface area contributed by atoms with Crippen molar-refractivity contribution in [1.29, 1.82) is 0 Å². The maximum atomic E-state index is 12.1. The van der Waals surface area contributed by atoms with Crippen molar-refractivity contribution in [2.24, 2.45) is 0 Å². The summed E-state index contributed by atoms with van der Waals surface area (Å²) >= 11 is 5.92. The van der Waals surface area contributed by atoms with Crippen LogP contribution in [-0.2, 0) is 11.2 Å². The van der Waals surface area contributed by atoms with Crippen molar-refractivity contribution >= 4 is 23.2 Å². The number of hydrogen-bond donors (Lipinski definition) is 1. The molecule has 0 bridgehead atoms. The van der Waals surface area contributed by atoms with Gasteiger partial charge in [0.05, 0.1) is 0 Å². The molecule has 1 amide bonds. The molecule has 2 heterocycles. The number of aromatic nitrogens is 4. The minimum absolute atomic E-state index is 0.0529. The van der Waals surface area contributed by atoms with E-state index in [0.29, 0.717) is 35.8 Å². The Morgan fingerprint density at radius 1 is 1.24 bits per heavy atom. The zero-order valence-electron chi connectivity index (χ0n) is 13.8. The van der Waals surface area contributed by atoms with E-state index in [-0.39, 0.29) is 5.91 Å². The summed E-state index contributed by atoms with van der Waals surface area (Å²) < 4.78 is 1.73. The van der Waals surface area contributed by atoms with Gasteiger partial charge in [0.15, 0.2) is 5.82 Å². The SMILES string of the molecule is Cc1nc(CCCC(=O)Nc2cccc(Cl)c2)n(-c2ccccn2)n1. The van der Waals surface area contributed by atoms with E-state index in [1.807, 2.05) is 31.2 Å². The number of carbonyl (C=O) groups is 1. The standard InChI is InChI=1S/C18H18ClN5O/c1-13-21-17(24(23-13)16-8-2-3-11-20-16)9-5-10-18(25)22-15-7-4-6-14(19)12-15/h2-4,6-8,11-12H,5,9-10H2,1H3,(H,22,25). The fourth-order valence-corrected chi connectivity index (χ4v) is 2.67. The minimum atomic E-state index is -0.0529. The second-order valence-corrected chi connectivity index (χ2v) is 6.02. The van der Waals surface area contributed by atoms with E-state index in [2.05, 4.69) is 20.4 Å². The predicted octanol–water partition coefficient (Wildman–Crippen LogP) is 3.59. The molecule has 0 unspecified atom stereocenters. The van der Waals surface area contributed by atoms with Gasteiger partial charge >= 0.3 is 0 Å². The Kier molecular flexibility index (Phi) is 5.40. The van der Waals surface area contributed by atoms with Gasteiger partial charge in [-0.25, -0.2) is 9.97 Å². The van der Waals surface area contributed by atoms with Crippen LogP contribution in [0, 0.1) is 6.92 Å². The molecule has 3 aromatic rings. The summed E-state index contributed by atoms with van der Waals surface area (Å²) in [6.07, 6.45) is 3.41. The van der Waals surface area contributed by atoms with Gasteiger partial charge in [-0.2, -0.15) is 4.68 Å². The zero-order chi connectivity index (χ0) is 17.6. The van der Waals surface area contributed by atoms with Crippen molar-refractivity contribution in [3.05, 3.63) is 65.3 Å². The van der Waals surface area contributed by atoms with E-state index < -0.39 is 0 Å². The first-order valence-corrected chi connectivity index (χ1v) is 8.39. The van der Waals surface area contributed by atoms with Crippen molar-refractivity contribution in [1.82, 2.24) is 19.7 Å². The maximum absolute atomic E-state index is 12.1. The maximum Gasteiger partial charge on any atom is 0.224 e. The Bertz CT molecular complexity index is 863. The van der Waals surface area contributed by atoms with Gasteiger partial charge in [-0.05, 0) is 43.7 Å². The van der Waals surface area contributed by atoms with Gasteiger partial charge in [-0.1, -0.05) is 23.7 Å². The molecule has 0 saturated heterocycles. The van der Waals surface area contributed by atoms with Gasteiger partial charge in [0.2, 0.25) is 5.91 Å². The lowest BCUT2D eigenvalue weighted by molar-refractivity contribution is -0.116. The van der Waals surface area contributed by atoms with E-state index in [1.165, 1.54) is 0 Å². The van der Waals surface area contributed by atoms with Crippen LogP contribution in [0.1, 0.15) is 24.5 Å². The highest BCUT2D eigenvalue weighted by Crippen LogP contribution is 2.15. The molecule has 6 nitrogen and oxygen atoms in total. The first-order chi connectivity index (χ1) is 12.1. The van der Waals surface area contributed by atoms with Crippen LogP contribution in [0.3, 0.4) is 0 Å². The lowest BCUT2D eigenvalue weighted by Gasteiger charge is -2.06. The van der Waals surface area contributed by atoms with E-state index in [4.69, 9.17) is 11.6 Å². The Morgan fingerprint density at radius 3 is 2.88 bits per heavy atom. The summed E-state index contributed by atoms with van der Waals surface area (Å²) in [4.78, 5) is 20.8. The third-order valence-electron chi connectivity index (χ3n) is 3.56. The lowest BCUT2D eigenvalue weighted by Crippen LogP contribution is -2.12. The molecule has 128 valence electrons. The third-order valence-corrected chi connectivity index (χ3v) is 3.79. The van der Waals surface area contributed by atoms with Gasteiger partial charge in [0.25, 0.3) is 0 Å². The van der Waals surface area contributed by atoms with Crippen LogP contribution in [0.25, 0.3) is 5.82 Å². The quantitative estimate of drug-likeness (QED) is 0.733. The summed E-state index contributed by atoms with van der Waals surface area (Å²) in [6, 6.07) is 12.7. The molecule has 0 spiro atoms. The number of halogens is 1. The van der Waals surface area contributed by atoms with Crippen LogP contribution < -0.4 is 5.32 Å². The van der Waals surface area contributed by atoms with Crippen LogP contribution in [0.15, 0.2) is 48.7 Å². The van der Waals surface area contributed by atoms with Crippen molar-refractivity contribution in [2.45, 2.75) is 26.2 Å². The largest absolute Gasteiger partial charge is 0.326 e. The number of amides is 1. The number of carbonyl (C=O) groups excluding carboxylic acids is 1. The number of anilines is 1. The Hall–Kier alpha value is -2.73. The fraction of sp³-hybridized carbons (Fsp3) is 0.222. The molecular weight excluding hydrogens is 338 g/mol. The molecule has 0 saturated carbocycles. The Balaban J connectivity index is 1.58. The van der Waals surface area contributed by atoms with Crippen molar-refractivity contribution < 1.29 is 4.79 Å². The van der Waals surface area contributed by atoms with Gasteiger partial charge in [0, 0.05) is 29.7 Å². The van der Waals surface area contributed by atoms with E-state index >= 15 is 0 Å². The first kappa shape index (κ1) is 17.1. The molecule has 3 rings (SSSR count). The zero-order valence-corrected chi connectivity index (χ0v) is 14.6. The first-order valence-electron chi connectivity index (χ1n) is 8.01. The minimum Gasteiger partial charge on any atom is -0.326 e. The molecule has 1 N–H and O–H groups in total. The lowest BCUT2D eigenvalue weighted by atomic mass is 10.2. The summed E-state index contributed by atoms with van der Waals surface area (Å²) in [5.41, 5.74) is 0.699. The van der Waals surface area contributed by atoms with Crippen LogP contribution in [0.4, 0.5) is 5.69 Å². The molecule has 25 heavy (non-hydrogen) atoms. The van der Waals surface area contributed by atoms with Crippen LogP contribution in [-0.4, -0.2) is 25.7 Å². The van der Waals surface area contributed by atoms with Gasteiger partial charge < -0.3 is 5.32 Å². The van der Waals surface area contributed by atoms with Gasteiger partial charge in [0.1, 0.15) is 11.6 Å². The summed E-state index contributed by atoms with van der Waals surface area (Å²) in [7, 11) is 0. The average molecular weight is 356 g/mol. The molecule has 1 aromatic carbocycles. The third kappa shape index (κ3) is 4.64.